The van der Waals surface area contributed by atoms with Crippen molar-refractivity contribution in [2.75, 3.05) is 5.75 Å². The van der Waals surface area contributed by atoms with E-state index in [0.717, 1.165) is 0 Å². The van der Waals surface area contributed by atoms with Gasteiger partial charge >= 0.3 is 0 Å². The molecule has 0 saturated heterocycles. The van der Waals surface area contributed by atoms with Gasteiger partial charge in [0.2, 0.25) is 6.29 Å². The molecule has 0 fully saturated rings. The highest BCUT2D eigenvalue weighted by Gasteiger charge is 1.77. The van der Waals surface area contributed by atoms with Gasteiger partial charge in [0.05, 0.1) is 0 Å². The second kappa shape index (κ2) is 2.84. The standard InChI is InChI=1S/C2H3O3S/c3-1-2-6(4)5/h6H,2H2. The highest BCUT2D eigenvalue weighted by molar-refractivity contribution is 7.73. The van der Waals surface area contributed by atoms with Crippen LogP contribution in [0.25, 0.3) is 0 Å². The Balaban J connectivity index is 3.32. The fourth-order valence-electron chi connectivity index (χ4n) is 0.0527. The lowest BCUT2D eigenvalue weighted by Gasteiger charge is -1.59. The number of carbonyl (C=O) groups excluding carboxylic acids is 1. The lowest BCUT2D eigenvalue weighted by atomic mass is 10.9. The van der Waals surface area contributed by atoms with E-state index in [4.69, 9.17) is 4.79 Å². The molecule has 0 atom stereocenters. The third-order valence-electron chi connectivity index (χ3n) is 0.194. The topological polar surface area (TPSA) is 51.2 Å². The zero-order valence-corrected chi connectivity index (χ0v) is 3.77. The lowest BCUT2D eigenvalue weighted by molar-refractivity contribution is 0.558. The molecule has 0 aromatic heterocycles. The Hall–Kier alpha value is -0.380. The van der Waals surface area contributed by atoms with E-state index in [1.165, 1.54) is 6.29 Å². The summed E-state index contributed by atoms with van der Waals surface area (Å²) in [4.78, 5) is 9.11. The van der Waals surface area contributed by atoms with Gasteiger partial charge in [-0.1, -0.05) is 0 Å². The molecule has 0 aliphatic carbocycles. The Labute approximate surface area is 36.9 Å². The van der Waals surface area contributed by atoms with E-state index < -0.39 is 16.5 Å². The fourth-order valence-corrected chi connectivity index (χ4v) is 0.158. The van der Waals surface area contributed by atoms with Gasteiger partial charge in [-0.25, -0.2) is 8.42 Å². The first-order valence-electron chi connectivity index (χ1n) is 1.24. The van der Waals surface area contributed by atoms with Crippen molar-refractivity contribution >= 4 is 17.0 Å². The van der Waals surface area contributed by atoms with Crippen molar-refractivity contribution < 1.29 is 13.2 Å². The van der Waals surface area contributed by atoms with Crippen LogP contribution in [0, 0.1) is 0 Å². The normalized spacial score (nSPS) is 8.83. The van der Waals surface area contributed by atoms with Crippen LogP contribution < -0.4 is 0 Å². The van der Waals surface area contributed by atoms with Crippen LogP contribution in [0.4, 0.5) is 0 Å². The number of hydrogen-bond acceptors (Lipinski definition) is 3. The highest BCUT2D eigenvalue weighted by Crippen LogP contribution is 1.51. The molecule has 0 rings (SSSR count). The molecule has 0 aliphatic heterocycles. The van der Waals surface area contributed by atoms with Gasteiger partial charge in [-0.2, -0.15) is 0 Å². The number of rotatable bonds is 2. The third-order valence-corrected chi connectivity index (χ3v) is 0.581. The minimum absolute atomic E-state index is 0.477. The zero-order valence-electron chi connectivity index (χ0n) is 2.88. The van der Waals surface area contributed by atoms with Crippen LogP contribution in [0.15, 0.2) is 0 Å². The van der Waals surface area contributed by atoms with Crippen molar-refractivity contribution in [3.8, 4) is 0 Å². The van der Waals surface area contributed by atoms with Crippen molar-refractivity contribution in [2.45, 2.75) is 0 Å². The molecule has 0 unspecified atom stereocenters. The molecule has 0 N–H and O–H groups in total. The maximum Gasteiger partial charge on any atom is 0.214 e. The zero-order chi connectivity index (χ0) is 4.99. The van der Waals surface area contributed by atoms with Crippen LogP contribution in [0.3, 0.4) is 0 Å². The molecule has 3 nitrogen and oxygen atoms in total. The Morgan fingerprint density at radius 2 is 2.00 bits per heavy atom. The molecule has 0 heterocycles. The Bertz CT molecular complexity index is 95.4. The first kappa shape index (κ1) is 5.62. The summed E-state index contributed by atoms with van der Waals surface area (Å²) in [6, 6.07) is 0. The van der Waals surface area contributed by atoms with E-state index in [0.29, 0.717) is 0 Å². The molecule has 35 valence electrons. The third kappa shape index (κ3) is 3.62. The predicted octanol–water partition coefficient (Wildman–Crippen LogP) is -1.29. The summed E-state index contributed by atoms with van der Waals surface area (Å²) in [5.41, 5.74) is 0. The molecule has 0 amide bonds. The van der Waals surface area contributed by atoms with Crippen molar-refractivity contribution in [3.63, 3.8) is 0 Å². The summed E-state index contributed by atoms with van der Waals surface area (Å²) in [7, 11) is -2.52. The first-order chi connectivity index (χ1) is 2.77. The lowest BCUT2D eigenvalue weighted by Crippen LogP contribution is -1.84. The van der Waals surface area contributed by atoms with Crippen LogP contribution in [0.1, 0.15) is 0 Å². The van der Waals surface area contributed by atoms with E-state index in [-0.39, 0.29) is 0 Å². The summed E-state index contributed by atoms with van der Waals surface area (Å²) < 4.78 is 18.7. The maximum atomic E-state index is 9.37. The average Bonchev–Trinajstić information content (AvgIpc) is 1.35. The largest absolute Gasteiger partial charge is 0.290 e. The molecule has 0 aromatic carbocycles. The summed E-state index contributed by atoms with van der Waals surface area (Å²) in [6.07, 6.45) is 1.22. The Morgan fingerprint density at radius 3 is 2.00 bits per heavy atom. The molecule has 4 heteroatoms. The highest BCUT2D eigenvalue weighted by atomic mass is 32.2. The molecule has 0 spiro atoms. The van der Waals surface area contributed by atoms with E-state index in [1.807, 2.05) is 0 Å². The maximum absolute atomic E-state index is 9.37. The second-order valence-electron chi connectivity index (χ2n) is 0.635. The molecule has 6 heavy (non-hydrogen) atoms. The van der Waals surface area contributed by atoms with Gasteiger partial charge in [0, 0.05) is 0 Å². The minimum Gasteiger partial charge on any atom is -0.290 e. The molecule has 0 aromatic rings. The number of thiol groups is 1. The Morgan fingerprint density at radius 1 is 1.50 bits per heavy atom. The van der Waals surface area contributed by atoms with Crippen LogP contribution in [0.5, 0.6) is 0 Å². The fraction of sp³-hybridized carbons (Fsp3) is 0.500. The van der Waals surface area contributed by atoms with E-state index >= 15 is 0 Å². The van der Waals surface area contributed by atoms with Crippen LogP contribution >= 0.6 is 0 Å². The van der Waals surface area contributed by atoms with Crippen molar-refractivity contribution in [2.24, 2.45) is 0 Å². The summed E-state index contributed by atoms with van der Waals surface area (Å²) in [6.45, 7) is 0. The summed E-state index contributed by atoms with van der Waals surface area (Å²) >= 11 is 0. The van der Waals surface area contributed by atoms with Gasteiger partial charge in [-0.3, -0.25) is 4.79 Å². The van der Waals surface area contributed by atoms with Crippen molar-refractivity contribution in [3.05, 3.63) is 0 Å². The van der Waals surface area contributed by atoms with Crippen molar-refractivity contribution in [1.82, 2.24) is 0 Å². The monoisotopic (exact) mass is 107 g/mol. The average molecular weight is 107 g/mol. The summed E-state index contributed by atoms with van der Waals surface area (Å²) in [5, 5.41) is 0. The van der Waals surface area contributed by atoms with Gasteiger partial charge in [-0.15, -0.1) is 0 Å². The van der Waals surface area contributed by atoms with E-state index in [2.05, 4.69) is 0 Å². The van der Waals surface area contributed by atoms with Gasteiger partial charge in [0.25, 0.3) is 0 Å². The molecular formula is C2H3O3S. The van der Waals surface area contributed by atoms with E-state index in [9.17, 15) is 8.42 Å². The smallest absolute Gasteiger partial charge is 0.214 e. The minimum atomic E-state index is -2.52. The second-order valence-corrected chi connectivity index (χ2v) is 1.62. The first-order valence-corrected chi connectivity index (χ1v) is 2.60. The van der Waals surface area contributed by atoms with Crippen LogP contribution in [-0.4, -0.2) is 20.5 Å². The SMILES string of the molecule is O=[C]C[SH](=O)=O. The Kier molecular flexibility index (Phi) is 2.66. The molecule has 1 radical (unpaired) electrons. The quantitative estimate of drug-likeness (QED) is 0.446. The molecular weight excluding hydrogens is 104 g/mol. The van der Waals surface area contributed by atoms with Crippen LogP contribution in [0.2, 0.25) is 0 Å². The van der Waals surface area contributed by atoms with Gasteiger partial charge in [0.1, 0.15) is 16.5 Å². The predicted molar refractivity (Wildman–Crippen MR) is 20.9 cm³/mol. The molecule has 0 bridgehead atoms. The van der Waals surface area contributed by atoms with E-state index in [1.54, 1.807) is 0 Å². The van der Waals surface area contributed by atoms with Gasteiger partial charge < -0.3 is 0 Å². The molecule has 0 aliphatic rings. The number of hydrogen-bond donors (Lipinski definition) is 1. The van der Waals surface area contributed by atoms with Gasteiger partial charge in [-0.05, 0) is 0 Å². The molecule has 0 saturated carbocycles. The van der Waals surface area contributed by atoms with Crippen LogP contribution in [-0.2, 0) is 15.5 Å². The van der Waals surface area contributed by atoms with Crippen molar-refractivity contribution in [1.29, 1.82) is 0 Å². The van der Waals surface area contributed by atoms with Gasteiger partial charge in [0.15, 0.2) is 0 Å². The summed E-state index contributed by atoms with van der Waals surface area (Å²) in [5.74, 6) is -0.477.